The summed E-state index contributed by atoms with van der Waals surface area (Å²) in [7, 11) is 0. The second kappa shape index (κ2) is 12.4. The molecule has 0 spiro atoms. The Morgan fingerprint density at radius 1 is 0.742 bits per heavy atom. The van der Waals surface area contributed by atoms with Crippen LogP contribution in [0.1, 0.15) is 38.8 Å². The Balaban J connectivity index is 2.79. The van der Waals surface area contributed by atoms with E-state index in [1.165, 1.54) is 0 Å². The van der Waals surface area contributed by atoms with Crippen LogP contribution in [-0.2, 0) is 25.5 Å². The summed E-state index contributed by atoms with van der Waals surface area (Å²) in [5, 5.41) is 0. The molecule has 0 heterocycles. The highest BCUT2D eigenvalue weighted by Gasteiger charge is 2.28. The van der Waals surface area contributed by atoms with Gasteiger partial charge in [0.05, 0.1) is 26.4 Å². The van der Waals surface area contributed by atoms with E-state index in [2.05, 4.69) is 0 Å². The summed E-state index contributed by atoms with van der Waals surface area (Å²) in [6, 6.07) is 14.9. The fourth-order valence-corrected chi connectivity index (χ4v) is 3.14. The fraction of sp³-hybridized carbons (Fsp3) is 0.360. The molecule has 0 unspecified atom stereocenters. The molecule has 0 aliphatic heterocycles. The molecule has 2 aromatic carbocycles. The van der Waals surface area contributed by atoms with Crippen molar-refractivity contribution in [1.29, 1.82) is 0 Å². The van der Waals surface area contributed by atoms with E-state index < -0.39 is 11.9 Å². The second-order valence-corrected chi connectivity index (χ2v) is 6.48. The molecule has 31 heavy (non-hydrogen) atoms. The molecule has 0 saturated heterocycles. The van der Waals surface area contributed by atoms with Crippen molar-refractivity contribution in [1.82, 2.24) is 0 Å². The average molecular weight is 427 g/mol. The molecule has 0 bridgehead atoms. The third kappa shape index (κ3) is 6.60. The summed E-state index contributed by atoms with van der Waals surface area (Å²) in [5.74, 6) is -0.297. The van der Waals surface area contributed by atoms with Gasteiger partial charge < -0.3 is 18.9 Å². The number of carbonyl (C=O) groups is 2. The highest BCUT2D eigenvalue weighted by atomic mass is 16.6. The van der Waals surface area contributed by atoms with E-state index in [0.29, 0.717) is 42.3 Å². The third-order valence-electron chi connectivity index (χ3n) is 4.37. The van der Waals surface area contributed by atoms with Gasteiger partial charge in [-0.2, -0.15) is 0 Å². The third-order valence-corrected chi connectivity index (χ3v) is 4.37. The quantitative estimate of drug-likeness (QED) is 0.226. The topological polar surface area (TPSA) is 71.1 Å². The van der Waals surface area contributed by atoms with Crippen LogP contribution in [0.25, 0.3) is 5.57 Å². The van der Waals surface area contributed by atoms with Gasteiger partial charge in [-0.1, -0.05) is 30.3 Å². The summed E-state index contributed by atoms with van der Waals surface area (Å²) in [5.41, 5.74) is 1.84. The highest BCUT2D eigenvalue weighted by molar-refractivity contribution is 6.20. The van der Waals surface area contributed by atoms with Crippen LogP contribution in [0.5, 0.6) is 11.5 Å². The number of allylic oxidation sites excluding steroid dienone is 1. The first-order chi connectivity index (χ1) is 15.0. The molecule has 0 atom stereocenters. The van der Waals surface area contributed by atoms with E-state index >= 15 is 0 Å². The van der Waals surface area contributed by atoms with Gasteiger partial charge in [-0.3, -0.25) is 0 Å². The molecule has 0 N–H and O–H groups in total. The lowest BCUT2D eigenvalue weighted by molar-refractivity contribution is -0.146. The van der Waals surface area contributed by atoms with Crippen LogP contribution < -0.4 is 9.47 Å². The van der Waals surface area contributed by atoms with E-state index in [1.54, 1.807) is 32.0 Å². The largest absolute Gasteiger partial charge is 0.494 e. The number of esters is 2. The molecule has 166 valence electrons. The van der Waals surface area contributed by atoms with Gasteiger partial charge in [-0.05, 0) is 63.5 Å². The van der Waals surface area contributed by atoms with Crippen LogP contribution in [0.2, 0.25) is 0 Å². The maximum Gasteiger partial charge on any atom is 0.345 e. The van der Waals surface area contributed by atoms with E-state index in [9.17, 15) is 9.59 Å². The van der Waals surface area contributed by atoms with E-state index in [4.69, 9.17) is 18.9 Å². The molecule has 6 heteroatoms. The lowest BCUT2D eigenvalue weighted by atomic mass is 9.92. The number of hydrogen-bond donors (Lipinski definition) is 0. The number of rotatable bonds is 11. The highest BCUT2D eigenvalue weighted by Crippen LogP contribution is 2.35. The zero-order valence-electron chi connectivity index (χ0n) is 18.6. The number of benzene rings is 2. The molecular weight excluding hydrogens is 396 g/mol. The van der Waals surface area contributed by atoms with Gasteiger partial charge in [-0.25, -0.2) is 9.59 Å². The van der Waals surface area contributed by atoms with Crippen molar-refractivity contribution in [3.63, 3.8) is 0 Å². The van der Waals surface area contributed by atoms with Crippen LogP contribution in [-0.4, -0.2) is 38.4 Å². The fourth-order valence-electron chi connectivity index (χ4n) is 3.14. The smallest absolute Gasteiger partial charge is 0.345 e. The van der Waals surface area contributed by atoms with Crippen molar-refractivity contribution >= 4 is 17.5 Å². The first kappa shape index (κ1) is 24.0. The predicted molar refractivity (Wildman–Crippen MR) is 119 cm³/mol. The number of ether oxygens (including phenoxy) is 4. The van der Waals surface area contributed by atoms with E-state index in [0.717, 1.165) is 5.56 Å². The van der Waals surface area contributed by atoms with Crippen molar-refractivity contribution in [3.05, 3.63) is 65.2 Å². The van der Waals surface area contributed by atoms with Crippen LogP contribution >= 0.6 is 0 Å². The molecular formula is C25H30O6. The second-order valence-electron chi connectivity index (χ2n) is 6.48. The summed E-state index contributed by atoms with van der Waals surface area (Å²) < 4.78 is 21.9. The van der Waals surface area contributed by atoms with Crippen molar-refractivity contribution in [2.45, 2.75) is 34.1 Å². The van der Waals surface area contributed by atoms with Gasteiger partial charge in [0.15, 0.2) is 0 Å². The summed E-state index contributed by atoms with van der Waals surface area (Å²) >= 11 is 0. The van der Waals surface area contributed by atoms with Gasteiger partial charge >= 0.3 is 11.9 Å². The Labute approximate surface area is 183 Å². The normalized spacial score (nSPS) is 10.2. The molecule has 0 aliphatic rings. The van der Waals surface area contributed by atoms with Crippen molar-refractivity contribution in [2.24, 2.45) is 0 Å². The van der Waals surface area contributed by atoms with E-state index in [-0.39, 0.29) is 18.8 Å². The Morgan fingerprint density at radius 2 is 1.35 bits per heavy atom. The lowest BCUT2D eigenvalue weighted by Crippen LogP contribution is -2.21. The number of carbonyl (C=O) groups excluding carboxylic acids is 2. The van der Waals surface area contributed by atoms with Crippen molar-refractivity contribution in [3.8, 4) is 11.5 Å². The zero-order valence-corrected chi connectivity index (χ0v) is 18.6. The molecule has 0 fully saturated rings. The molecule has 0 radical (unpaired) electrons. The molecule has 0 saturated carbocycles. The Bertz CT molecular complexity index is 881. The minimum absolute atomic E-state index is 0.137. The SMILES string of the molecule is CCOC(=O)C(C(=O)OCC)=C(Cc1ccccc1)c1cc(OCC)ccc1OCC. The monoisotopic (exact) mass is 426 g/mol. The van der Waals surface area contributed by atoms with Crippen LogP contribution in [0.3, 0.4) is 0 Å². The summed E-state index contributed by atoms with van der Waals surface area (Å²) in [6.07, 6.45) is 0.309. The molecule has 2 aromatic rings. The van der Waals surface area contributed by atoms with Gasteiger partial charge in [0, 0.05) is 5.56 Å². The standard InChI is InChI=1S/C25H30O6/c1-5-28-19-14-15-22(29-6-2)20(17-19)21(16-18-12-10-9-11-13-18)23(24(26)30-7-3)25(27)31-8-4/h9-15,17H,5-8,16H2,1-4H3. The molecule has 0 amide bonds. The number of hydrogen-bond acceptors (Lipinski definition) is 6. The molecule has 0 aromatic heterocycles. The maximum absolute atomic E-state index is 12.9. The molecule has 2 rings (SSSR count). The Hall–Kier alpha value is -3.28. The maximum atomic E-state index is 12.9. The van der Waals surface area contributed by atoms with Crippen LogP contribution in [0.4, 0.5) is 0 Å². The Morgan fingerprint density at radius 3 is 1.90 bits per heavy atom. The predicted octanol–water partition coefficient (Wildman–Crippen LogP) is 4.61. The van der Waals surface area contributed by atoms with Crippen LogP contribution in [0, 0.1) is 0 Å². The zero-order chi connectivity index (χ0) is 22.6. The lowest BCUT2D eigenvalue weighted by Gasteiger charge is -2.18. The summed E-state index contributed by atoms with van der Waals surface area (Å²) in [6.45, 7) is 8.33. The molecule has 0 aliphatic carbocycles. The Kier molecular flexibility index (Phi) is 9.62. The van der Waals surface area contributed by atoms with Gasteiger partial charge in [0.25, 0.3) is 0 Å². The van der Waals surface area contributed by atoms with Gasteiger partial charge in [-0.15, -0.1) is 0 Å². The van der Waals surface area contributed by atoms with E-state index in [1.807, 2.05) is 44.2 Å². The first-order valence-electron chi connectivity index (χ1n) is 10.6. The molecule has 6 nitrogen and oxygen atoms in total. The van der Waals surface area contributed by atoms with Crippen LogP contribution in [0.15, 0.2) is 54.1 Å². The average Bonchev–Trinajstić information content (AvgIpc) is 2.76. The van der Waals surface area contributed by atoms with Gasteiger partial charge in [0.1, 0.15) is 17.1 Å². The summed E-state index contributed by atoms with van der Waals surface area (Å²) in [4.78, 5) is 25.8. The van der Waals surface area contributed by atoms with Gasteiger partial charge in [0.2, 0.25) is 0 Å². The minimum atomic E-state index is -0.726. The minimum Gasteiger partial charge on any atom is -0.494 e. The van der Waals surface area contributed by atoms with Crippen molar-refractivity contribution in [2.75, 3.05) is 26.4 Å². The first-order valence-corrected chi connectivity index (χ1v) is 10.6. The van der Waals surface area contributed by atoms with Crippen molar-refractivity contribution < 1.29 is 28.5 Å².